The lowest BCUT2D eigenvalue weighted by Crippen LogP contribution is -2.50. The van der Waals surface area contributed by atoms with E-state index >= 15 is 0 Å². The fourth-order valence-corrected chi connectivity index (χ4v) is 3.94. The first-order valence-corrected chi connectivity index (χ1v) is 9.94. The maximum absolute atomic E-state index is 12.5. The van der Waals surface area contributed by atoms with E-state index in [0.29, 0.717) is 25.9 Å². The summed E-state index contributed by atoms with van der Waals surface area (Å²) in [6.45, 7) is 5.48. The molecular formula is C21H30N2O4. The molecule has 1 saturated heterocycles. The number of urea groups is 1. The molecule has 2 fully saturated rings. The van der Waals surface area contributed by atoms with Crippen molar-refractivity contribution >= 4 is 12.0 Å². The van der Waals surface area contributed by atoms with Crippen molar-refractivity contribution in [2.75, 3.05) is 13.1 Å². The Balaban J connectivity index is 1.43. The van der Waals surface area contributed by atoms with E-state index in [9.17, 15) is 9.59 Å². The van der Waals surface area contributed by atoms with Crippen LogP contribution in [0.4, 0.5) is 4.79 Å². The van der Waals surface area contributed by atoms with Crippen LogP contribution in [-0.4, -0.2) is 47.2 Å². The van der Waals surface area contributed by atoms with Gasteiger partial charge in [-0.15, -0.1) is 0 Å². The largest absolute Gasteiger partial charge is 0.490 e. The highest BCUT2D eigenvalue weighted by molar-refractivity contribution is 5.75. The molecule has 148 valence electrons. The van der Waals surface area contributed by atoms with E-state index in [0.717, 1.165) is 37.0 Å². The lowest BCUT2D eigenvalue weighted by molar-refractivity contribution is -0.142. The van der Waals surface area contributed by atoms with Gasteiger partial charge in [-0.25, -0.2) is 4.79 Å². The predicted octanol–water partition coefficient (Wildman–Crippen LogP) is 3.50. The molecule has 27 heavy (non-hydrogen) atoms. The topological polar surface area (TPSA) is 78.9 Å². The third-order valence-electron chi connectivity index (χ3n) is 5.77. The van der Waals surface area contributed by atoms with E-state index < -0.39 is 5.97 Å². The van der Waals surface area contributed by atoms with Crippen molar-refractivity contribution in [3.05, 3.63) is 29.3 Å². The van der Waals surface area contributed by atoms with Crippen LogP contribution in [0.3, 0.4) is 0 Å². The summed E-state index contributed by atoms with van der Waals surface area (Å²) < 4.78 is 6.17. The van der Waals surface area contributed by atoms with Crippen LogP contribution in [0.15, 0.2) is 18.2 Å². The molecule has 1 aliphatic carbocycles. The Hall–Kier alpha value is -2.24. The van der Waals surface area contributed by atoms with Crippen molar-refractivity contribution in [2.24, 2.45) is 5.92 Å². The molecular weight excluding hydrogens is 344 g/mol. The number of ether oxygens (including phenoxy) is 1. The average molecular weight is 374 g/mol. The molecule has 0 atom stereocenters. The number of carboxylic acids is 1. The number of aliphatic carboxylic acids is 1. The summed E-state index contributed by atoms with van der Waals surface area (Å²) in [5.41, 5.74) is 2.32. The first-order valence-electron chi connectivity index (χ1n) is 9.94. The minimum Gasteiger partial charge on any atom is -0.490 e. The average Bonchev–Trinajstić information content (AvgIpc) is 2.65. The quantitative estimate of drug-likeness (QED) is 0.845. The van der Waals surface area contributed by atoms with Crippen molar-refractivity contribution < 1.29 is 19.4 Å². The van der Waals surface area contributed by atoms with Gasteiger partial charge in [0.15, 0.2) is 0 Å². The lowest BCUT2D eigenvalue weighted by Gasteiger charge is -2.34. The number of amides is 2. The summed E-state index contributed by atoms with van der Waals surface area (Å²) in [5, 5.41) is 12.1. The van der Waals surface area contributed by atoms with Gasteiger partial charge in [0.1, 0.15) is 11.9 Å². The number of rotatable bonds is 4. The Morgan fingerprint density at radius 1 is 1.07 bits per heavy atom. The molecule has 2 aliphatic rings. The number of carbonyl (C=O) groups excluding carboxylic acids is 1. The van der Waals surface area contributed by atoms with Crippen LogP contribution >= 0.6 is 0 Å². The van der Waals surface area contributed by atoms with E-state index in [2.05, 4.69) is 37.4 Å². The first-order chi connectivity index (χ1) is 12.9. The van der Waals surface area contributed by atoms with Crippen molar-refractivity contribution in [3.63, 3.8) is 0 Å². The SMILES string of the molecule is Cc1ccc(C)c(OC2CCN(C(=O)NC3CCC(C(=O)O)CC3)CC2)c1. The Morgan fingerprint density at radius 3 is 2.37 bits per heavy atom. The Bertz CT molecular complexity index is 675. The standard InChI is InChI=1S/C21H30N2O4/c1-14-3-4-15(2)19(13-14)27-18-9-11-23(12-10-18)21(26)22-17-7-5-16(6-8-17)20(24)25/h3-4,13,16-18H,5-12H2,1-2H3,(H,22,26)(H,24,25). The third-order valence-corrected chi connectivity index (χ3v) is 5.77. The Labute approximate surface area is 160 Å². The normalized spacial score (nSPS) is 23.7. The van der Waals surface area contributed by atoms with Crippen molar-refractivity contribution in [1.29, 1.82) is 0 Å². The van der Waals surface area contributed by atoms with Gasteiger partial charge in [-0.05, 0) is 56.7 Å². The maximum Gasteiger partial charge on any atom is 0.317 e. The van der Waals surface area contributed by atoms with Gasteiger partial charge in [-0.2, -0.15) is 0 Å². The van der Waals surface area contributed by atoms with Gasteiger partial charge in [0.2, 0.25) is 0 Å². The van der Waals surface area contributed by atoms with Crippen LogP contribution in [0.25, 0.3) is 0 Å². The zero-order chi connectivity index (χ0) is 19.4. The van der Waals surface area contributed by atoms with E-state index in [-0.39, 0.29) is 24.1 Å². The summed E-state index contributed by atoms with van der Waals surface area (Å²) in [5.74, 6) is -0.0325. The maximum atomic E-state index is 12.5. The molecule has 0 spiro atoms. The zero-order valence-corrected chi connectivity index (χ0v) is 16.2. The van der Waals surface area contributed by atoms with Gasteiger partial charge in [-0.3, -0.25) is 4.79 Å². The number of nitrogens with one attached hydrogen (secondary N) is 1. The Kier molecular flexibility index (Phi) is 6.24. The molecule has 1 heterocycles. The molecule has 1 saturated carbocycles. The number of carboxylic acid groups (broad SMARTS) is 1. The molecule has 2 amide bonds. The fourth-order valence-electron chi connectivity index (χ4n) is 3.94. The first kappa shape index (κ1) is 19.5. The van der Waals surface area contributed by atoms with E-state index in [4.69, 9.17) is 9.84 Å². The fraction of sp³-hybridized carbons (Fsp3) is 0.619. The molecule has 6 nitrogen and oxygen atoms in total. The second kappa shape index (κ2) is 8.63. The molecule has 0 bridgehead atoms. The molecule has 0 radical (unpaired) electrons. The minimum atomic E-state index is -0.717. The van der Waals surface area contributed by atoms with Gasteiger partial charge in [0.05, 0.1) is 5.92 Å². The van der Waals surface area contributed by atoms with Gasteiger partial charge in [0, 0.05) is 32.0 Å². The molecule has 0 unspecified atom stereocenters. The van der Waals surface area contributed by atoms with Gasteiger partial charge in [0.25, 0.3) is 0 Å². The molecule has 6 heteroatoms. The van der Waals surface area contributed by atoms with Crippen LogP contribution in [-0.2, 0) is 4.79 Å². The summed E-state index contributed by atoms with van der Waals surface area (Å²) in [6.07, 6.45) is 4.57. The number of nitrogens with zero attached hydrogens (tertiary/aromatic N) is 1. The highest BCUT2D eigenvalue weighted by atomic mass is 16.5. The Morgan fingerprint density at radius 2 is 1.74 bits per heavy atom. The van der Waals surface area contributed by atoms with E-state index in [1.807, 2.05) is 4.90 Å². The highest BCUT2D eigenvalue weighted by Gasteiger charge is 2.29. The van der Waals surface area contributed by atoms with Gasteiger partial charge < -0.3 is 20.1 Å². The van der Waals surface area contributed by atoms with Crippen LogP contribution in [0.2, 0.25) is 0 Å². The van der Waals surface area contributed by atoms with Crippen LogP contribution in [0.5, 0.6) is 5.75 Å². The summed E-state index contributed by atoms with van der Waals surface area (Å²) in [6, 6.07) is 6.30. The summed E-state index contributed by atoms with van der Waals surface area (Å²) >= 11 is 0. The van der Waals surface area contributed by atoms with Crippen molar-refractivity contribution in [1.82, 2.24) is 10.2 Å². The highest BCUT2D eigenvalue weighted by Crippen LogP contribution is 2.26. The molecule has 1 aromatic rings. The van der Waals surface area contributed by atoms with Crippen LogP contribution in [0, 0.1) is 19.8 Å². The number of hydrogen-bond donors (Lipinski definition) is 2. The number of likely N-dealkylation sites (tertiary alicyclic amines) is 1. The second-order valence-electron chi connectivity index (χ2n) is 7.91. The minimum absolute atomic E-state index is 0.0287. The second-order valence-corrected chi connectivity index (χ2v) is 7.91. The molecule has 1 aliphatic heterocycles. The number of aryl methyl sites for hydroxylation is 2. The monoisotopic (exact) mass is 374 g/mol. The predicted molar refractivity (Wildman–Crippen MR) is 103 cm³/mol. The lowest BCUT2D eigenvalue weighted by atomic mass is 9.86. The van der Waals surface area contributed by atoms with Crippen LogP contribution < -0.4 is 10.1 Å². The molecule has 3 rings (SSSR count). The summed E-state index contributed by atoms with van der Waals surface area (Å²) in [4.78, 5) is 25.4. The number of carbonyl (C=O) groups is 2. The number of piperidine rings is 1. The van der Waals surface area contributed by atoms with Crippen molar-refractivity contribution in [3.8, 4) is 5.75 Å². The van der Waals surface area contributed by atoms with E-state index in [1.54, 1.807) is 0 Å². The number of hydrogen-bond acceptors (Lipinski definition) is 3. The van der Waals surface area contributed by atoms with Crippen molar-refractivity contribution in [2.45, 2.75) is 64.5 Å². The number of benzene rings is 1. The third kappa shape index (κ3) is 5.15. The molecule has 1 aromatic carbocycles. The zero-order valence-electron chi connectivity index (χ0n) is 16.2. The smallest absolute Gasteiger partial charge is 0.317 e. The van der Waals surface area contributed by atoms with Crippen LogP contribution in [0.1, 0.15) is 49.7 Å². The van der Waals surface area contributed by atoms with Gasteiger partial charge in [-0.1, -0.05) is 12.1 Å². The molecule has 2 N–H and O–H groups in total. The van der Waals surface area contributed by atoms with Gasteiger partial charge >= 0.3 is 12.0 Å². The summed E-state index contributed by atoms with van der Waals surface area (Å²) in [7, 11) is 0. The van der Waals surface area contributed by atoms with E-state index in [1.165, 1.54) is 5.56 Å². The molecule has 0 aromatic heterocycles.